The fraction of sp³-hybridized carbons (Fsp3) is 0.500. The van der Waals surface area contributed by atoms with Crippen molar-refractivity contribution in [3.63, 3.8) is 0 Å². The Bertz CT molecular complexity index is 397. The fourth-order valence-corrected chi connectivity index (χ4v) is 2.78. The third-order valence-electron chi connectivity index (χ3n) is 2.96. The zero-order valence-electron chi connectivity index (χ0n) is 11.5. The Labute approximate surface area is 142 Å². The van der Waals surface area contributed by atoms with Crippen LogP contribution in [0.3, 0.4) is 0 Å². The number of nitrogens with zero attached hydrogens (tertiary/aromatic N) is 2. The van der Waals surface area contributed by atoms with Gasteiger partial charge in [0.15, 0.2) is 5.96 Å². The van der Waals surface area contributed by atoms with Gasteiger partial charge in [-0.3, -0.25) is 4.99 Å². The molecule has 0 aliphatic carbocycles. The van der Waals surface area contributed by atoms with Crippen LogP contribution >= 0.6 is 35.7 Å². The molecule has 1 fully saturated rings. The highest BCUT2D eigenvalue weighted by atomic mass is 127. The Morgan fingerprint density at radius 3 is 2.65 bits per heavy atom. The summed E-state index contributed by atoms with van der Waals surface area (Å²) in [6, 6.07) is 10.2. The Hall–Kier alpha value is -0.470. The van der Waals surface area contributed by atoms with Gasteiger partial charge < -0.3 is 15.4 Å². The van der Waals surface area contributed by atoms with Crippen molar-refractivity contribution >= 4 is 41.7 Å². The number of halogens is 1. The van der Waals surface area contributed by atoms with E-state index in [1.807, 2.05) is 30.0 Å². The molecule has 0 unspecified atom stereocenters. The molecule has 0 atom stereocenters. The largest absolute Gasteiger partial charge is 0.375 e. The van der Waals surface area contributed by atoms with Crippen LogP contribution in [-0.2, 0) is 11.3 Å². The van der Waals surface area contributed by atoms with Gasteiger partial charge in [0.2, 0.25) is 0 Å². The van der Waals surface area contributed by atoms with E-state index < -0.39 is 0 Å². The van der Waals surface area contributed by atoms with Gasteiger partial charge in [-0.05, 0) is 5.56 Å². The molecule has 0 amide bonds. The zero-order valence-corrected chi connectivity index (χ0v) is 14.7. The van der Waals surface area contributed by atoms with Crippen molar-refractivity contribution in [3.8, 4) is 0 Å². The topological polar surface area (TPSA) is 50.9 Å². The van der Waals surface area contributed by atoms with Crippen molar-refractivity contribution in [1.29, 1.82) is 0 Å². The standard InChI is InChI=1S/C14H21N3OS.HI/c15-14(17-7-10-19-11-8-17)16-6-9-18-12-13-4-2-1-3-5-13;/h1-5H,6-12H2,(H2,15,16);1H. The summed E-state index contributed by atoms with van der Waals surface area (Å²) in [5.41, 5.74) is 7.14. The number of nitrogens with two attached hydrogens (primary N) is 1. The Balaban J connectivity index is 0.00000200. The number of guanidine groups is 1. The van der Waals surface area contributed by atoms with E-state index in [1.165, 1.54) is 5.56 Å². The molecule has 1 saturated heterocycles. The molecule has 2 rings (SSSR count). The van der Waals surface area contributed by atoms with Crippen LogP contribution < -0.4 is 5.73 Å². The summed E-state index contributed by atoms with van der Waals surface area (Å²) in [5, 5.41) is 0. The van der Waals surface area contributed by atoms with Crippen molar-refractivity contribution in [2.75, 3.05) is 37.7 Å². The first kappa shape index (κ1) is 17.6. The summed E-state index contributed by atoms with van der Waals surface area (Å²) in [5.74, 6) is 2.94. The third-order valence-corrected chi connectivity index (χ3v) is 3.90. The highest BCUT2D eigenvalue weighted by molar-refractivity contribution is 14.0. The number of benzene rings is 1. The van der Waals surface area contributed by atoms with Crippen LogP contribution in [0, 0.1) is 0 Å². The molecule has 20 heavy (non-hydrogen) atoms. The lowest BCUT2D eigenvalue weighted by Gasteiger charge is -2.27. The molecule has 0 aromatic heterocycles. The predicted octanol–water partition coefficient (Wildman–Crippen LogP) is 2.18. The summed E-state index contributed by atoms with van der Waals surface area (Å²) in [4.78, 5) is 6.51. The van der Waals surface area contributed by atoms with Crippen molar-refractivity contribution < 1.29 is 4.74 Å². The molecular formula is C14H22IN3OS. The van der Waals surface area contributed by atoms with Crippen molar-refractivity contribution in [3.05, 3.63) is 35.9 Å². The highest BCUT2D eigenvalue weighted by Gasteiger charge is 2.11. The van der Waals surface area contributed by atoms with E-state index >= 15 is 0 Å². The maximum atomic E-state index is 5.95. The summed E-state index contributed by atoms with van der Waals surface area (Å²) in [6.45, 7) is 3.88. The summed E-state index contributed by atoms with van der Waals surface area (Å²) in [6.07, 6.45) is 0. The lowest BCUT2D eigenvalue weighted by atomic mass is 10.2. The number of hydrogen-bond acceptors (Lipinski definition) is 3. The number of thioether (sulfide) groups is 1. The van der Waals surface area contributed by atoms with E-state index in [9.17, 15) is 0 Å². The number of ether oxygens (including phenoxy) is 1. The van der Waals surface area contributed by atoms with Gasteiger partial charge in [0.25, 0.3) is 0 Å². The second-order valence-corrected chi connectivity index (χ2v) is 5.60. The molecule has 1 heterocycles. The molecule has 0 saturated carbocycles. The highest BCUT2D eigenvalue weighted by Crippen LogP contribution is 2.08. The first-order valence-corrected chi connectivity index (χ1v) is 7.76. The first-order chi connectivity index (χ1) is 9.36. The van der Waals surface area contributed by atoms with Gasteiger partial charge in [0.05, 0.1) is 19.8 Å². The smallest absolute Gasteiger partial charge is 0.191 e. The van der Waals surface area contributed by atoms with Crippen LogP contribution in [0.5, 0.6) is 0 Å². The van der Waals surface area contributed by atoms with Crippen molar-refractivity contribution in [2.45, 2.75) is 6.61 Å². The molecule has 1 aliphatic rings. The molecule has 0 bridgehead atoms. The van der Waals surface area contributed by atoms with Gasteiger partial charge in [-0.2, -0.15) is 11.8 Å². The second-order valence-electron chi connectivity index (χ2n) is 4.38. The van der Waals surface area contributed by atoms with E-state index in [4.69, 9.17) is 10.5 Å². The van der Waals surface area contributed by atoms with Crippen molar-refractivity contribution in [1.82, 2.24) is 4.90 Å². The molecule has 0 spiro atoms. The first-order valence-electron chi connectivity index (χ1n) is 6.60. The van der Waals surface area contributed by atoms with E-state index in [0.717, 1.165) is 24.6 Å². The predicted molar refractivity (Wildman–Crippen MR) is 96.9 cm³/mol. The average molecular weight is 407 g/mol. The Kier molecular flexibility index (Phi) is 9.04. The second kappa shape index (κ2) is 10.3. The Morgan fingerprint density at radius 2 is 1.95 bits per heavy atom. The van der Waals surface area contributed by atoms with E-state index in [2.05, 4.69) is 22.0 Å². The number of aliphatic imine (C=N–C) groups is 1. The van der Waals surface area contributed by atoms with Gasteiger partial charge >= 0.3 is 0 Å². The van der Waals surface area contributed by atoms with Gasteiger partial charge in [-0.1, -0.05) is 30.3 Å². The van der Waals surface area contributed by atoms with Crippen molar-refractivity contribution in [2.24, 2.45) is 10.7 Å². The molecule has 2 N–H and O–H groups in total. The minimum atomic E-state index is 0. The molecular weight excluding hydrogens is 385 g/mol. The van der Waals surface area contributed by atoms with Crippen LogP contribution in [0.1, 0.15) is 5.56 Å². The van der Waals surface area contributed by atoms with Crippen LogP contribution in [0.4, 0.5) is 0 Å². The van der Waals surface area contributed by atoms with E-state index in [0.29, 0.717) is 25.7 Å². The van der Waals surface area contributed by atoms with Gasteiger partial charge in [-0.25, -0.2) is 0 Å². The minimum absolute atomic E-state index is 0. The van der Waals surface area contributed by atoms with Crippen LogP contribution in [0.2, 0.25) is 0 Å². The Morgan fingerprint density at radius 1 is 1.25 bits per heavy atom. The van der Waals surface area contributed by atoms with E-state index in [1.54, 1.807) is 0 Å². The van der Waals surface area contributed by atoms with Crippen LogP contribution in [-0.4, -0.2) is 48.6 Å². The number of rotatable bonds is 5. The summed E-state index contributed by atoms with van der Waals surface area (Å²) < 4.78 is 5.57. The summed E-state index contributed by atoms with van der Waals surface area (Å²) >= 11 is 1.97. The monoisotopic (exact) mass is 407 g/mol. The molecule has 6 heteroatoms. The molecule has 1 aliphatic heterocycles. The minimum Gasteiger partial charge on any atom is -0.375 e. The lowest BCUT2D eigenvalue weighted by molar-refractivity contribution is 0.128. The SMILES string of the molecule is I.NC(=NCCOCc1ccccc1)N1CCSCC1. The normalized spacial score (nSPS) is 15.8. The molecule has 1 aromatic carbocycles. The molecule has 112 valence electrons. The molecule has 4 nitrogen and oxygen atoms in total. The van der Waals surface area contributed by atoms with Crippen LogP contribution in [0.25, 0.3) is 0 Å². The zero-order chi connectivity index (χ0) is 13.3. The van der Waals surface area contributed by atoms with Gasteiger partial charge in [0.1, 0.15) is 0 Å². The number of hydrogen-bond donors (Lipinski definition) is 1. The molecule has 1 aromatic rings. The quantitative estimate of drug-likeness (QED) is 0.352. The van der Waals surface area contributed by atoms with E-state index in [-0.39, 0.29) is 24.0 Å². The van der Waals surface area contributed by atoms with Gasteiger partial charge in [-0.15, -0.1) is 24.0 Å². The van der Waals surface area contributed by atoms with Gasteiger partial charge in [0, 0.05) is 24.6 Å². The lowest BCUT2D eigenvalue weighted by Crippen LogP contribution is -2.42. The average Bonchev–Trinajstić information content (AvgIpc) is 2.49. The maximum Gasteiger partial charge on any atom is 0.191 e. The third kappa shape index (κ3) is 6.32. The fourth-order valence-electron chi connectivity index (χ4n) is 1.88. The summed E-state index contributed by atoms with van der Waals surface area (Å²) in [7, 11) is 0. The van der Waals surface area contributed by atoms with Crippen LogP contribution in [0.15, 0.2) is 35.3 Å². The maximum absolute atomic E-state index is 5.95. The molecule has 0 radical (unpaired) electrons.